The number of piperazine rings is 1. The maximum absolute atomic E-state index is 3.79. The molecule has 49 valence electrons. The highest BCUT2D eigenvalue weighted by Gasteiger charge is 2.01. The Hall–Kier alpha value is -0.120. The molecule has 0 atom stereocenters. The van der Waals surface area contributed by atoms with Crippen LogP contribution < -0.4 is 5.32 Å². The second-order valence-corrected chi connectivity index (χ2v) is 1.87. The molecule has 1 fully saturated rings. The highest BCUT2D eigenvalue weighted by Crippen LogP contribution is 1.85. The van der Waals surface area contributed by atoms with Gasteiger partial charge in [-0.3, -0.25) is 4.90 Å². The van der Waals surface area contributed by atoms with Crippen molar-refractivity contribution in [1.82, 2.24) is 10.2 Å². The van der Waals surface area contributed by atoms with Crippen molar-refractivity contribution in [2.45, 2.75) is 0 Å². The normalized spacial score (nSPS) is 22.1. The second kappa shape index (κ2) is 3.83. The molecular weight excluding hydrogens is 104 g/mol. The fraction of sp³-hybridized carbons (Fsp3) is 0.800. The largest absolute Gasteiger partial charge is 0.412 e. The summed E-state index contributed by atoms with van der Waals surface area (Å²) < 4.78 is 0. The van der Waals surface area contributed by atoms with Crippen LogP contribution in [0.3, 0.4) is 0 Å². The Morgan fingerprint density at radius 1 is 1.25 bits per heavy atom. The molecule has 0 aromatic carbocycles. The van der Waals surface area contributed by atoms with Crippen LogP contribution in [0.25, 0.3) is 0 Å². The van der Waals surface area contributed by atoms with Crippen molar-refractivity contribution in [1.29, 1.82) is 0 Å². The number of hydrogen-bond acceptors (Lipinski definition) is 2. The highest BCUT2D eigenvalue weighted by atomic mass is 16.0. The molecule has 0 bridgehead atoms. The maximum atomic E-state index is 3.79. The molecule has 1 radical (unpaired) electrons. The zero-order valence-electron chi connectivity index (χ0n) is 4.98. The van der Waals surface area contributed by atoms with Gasteiger partial charge >= 0.3 is 0 Å². The van der Waals surface area contributed by atoms with E-state index >= 15 is 0 Å². The van der Waals surface area contributed by atoms with Gasteiger partial charge in [-0.1, -0.05) is 0 Å². The summed E-state index contributed by atoms with van der Waals surface area (Å²) in [5.74, 6) is 0. The van der Waals surface area contributed by atoms with Gasteiger partial charge in [-0.25, -0.2) is 0 Å². The number of rotatable bonds is 0. The fourth-order valence-corrected chi connectivity index (χ4v) is 0.711. The molecule has 0 aliphatic carbocycles. The molecular formula is C5H13N2O. The molecule has 1 aliphatic heterocycles. The van der Waals surface area contributed by atoms with Crippen molar-refractivity contribution < 1.29 is 5.48 Å². The molecule has 3 heteroatoms. The van der Waals surface area contributed by atoms with Gasteiger partial charge in [0.05, 0.1) is 0 Å². The Kier molecular flexibility index (Phi) is 3.77. The summed E-state index contributed by atoms with van der Waals surface area (Å²) in [7, 11) is 3.79. The average molecular weight is 117 g/mol. The molecule has 1 aliphatic rings. The summed E-state index contributed by atoms with van der Waals surface area (Å²) >= 11 is 0. The lowest BCUT2D eigenvalue weighted by atomic mass is 10.4. The summed E-state index contributed by atoms with van der Waals surface area (Å²) in [4.78, 5) is 2.08. The van der Waals surface area contributed by atoms with Gasteiger partial charge in [0, 0.05) is 33.2 Å². The Morgan fingerprint density at radius 2 is 1.75 bits per heavy atom. The Bertz CT molecular complexity index is 52.4. The predicted octanol–water partition coefficient (Wildman–Crippen LogP) is -1.14. The van der Waals surface area contributed by atoms with Crippen molar-refractivity contribution >= 4 is 0 Å². The molecule has 1 heterocycles. The molecule has 8 heavy (non-hydrogen) atoms. The first kappa shape index (κ1) is 7.88. The third kappa shape index (κ3) is 2.26. The zero-order valence-corrected chi connectivity index (χ0v) is 4.98. The van der Waals surface area contributed by atoms with Crippen molar-refractivity contribution in [3.05, 3.63) is 7.05 Å². The van der Waals surface area contributed by atoms with E-state index in [2.05, 4.69) is 17.3 Å². The molecule has 0 amide bonds. The maximum Gasteiger partial charge on any atom is 0.0110 e. The zero-order chi connectivity index (χ0) is 5.11. The lowest BCUT2D eigenvalue weighted by Gasteiger charge is -2.21. The smallest absolute Gasteiger partial charge is 0.0110 e. The van der Waals surface area contributed by atoms with E-state index in [1.54, 1.807) is 0 Å². The van der Waals surface area contributed by atoms with E-state index in [0.717, 1.165) is 26.2 Å². The second-order valence-electron chi connectivity index (χ2n) is 1.87. The molecule has 0 aromatic rings. The van der Waals surface area contributed by atoms with Crippen LogP contribution in [0.5, 0.6) is 0 Å². The first-order valence-corrected chi connectivity index (χ1v) is 2.66. The van der Waals surface area contributed by atoms with Crippen molar-refractivity contribution in [3.63, 3.8) is 0 Å². The van der Waals surface area contributed by atoms with Gasteiger partial charge in [0.2, 0.25) is 0 Å². The Morgan fingerprint density at radius 3 is 2.00 bits per heavy atom. The van der Waals surface area contributed by atoms with Gasteiger partial charge in [0.1, 0.15) is 0 Å². The van der Waals surface area contributed by atoms with Crippen LogP contribution in [0.2, 0.25) is 0 Å². The van der Waals surface area contributed by atoms with Crippen LogP contribution in [-0.2, 0) is 0 Å². The SMILES string of the molecule is O.[CH2]N1CCNCC1. The van der Waals surface area contributed by atoms with E-state index in [1.165, 1.54) is 0 Å². The van der Waals surface area contributed by atoms with Crippen LogP contribution in [0, 0.1) is 7.05 Å². The summed E-state index contributed by atoms with van der Waals surface area (Å²) in [5, 5.41) is 3.23. The van der Waals surface area contributed by atoms with Crippen molar-refractivity contribution in [2.75, 3.05) is 26.2 Å². The van der Waals surface area contributed by atoms with Crippen LogP contribution in [-0.4, -0.2) is 36.6 Å². The molecule has 1 saturated heterocycles. The fourth-order valence-electron chi connectivity index (χ4n) is 0.711. The molecule has 0 saturated carbocycles. The van der Waals surface area contributed by atoms with Crippen LogP contribution in [0.15, 0.2) is 0 Å². The third-order valence-corrected chi connectivity index (χ3v) is 1.21. The minimum atomic E-state index is 0. The average Bonchev–Trinajstić information content (AvgIpc) is 1.69. The van der Waals surface area contributed by atoms with Crippen molar-refractivity contribution in [2.24, 2.45) is 0 Å². The van der Waals surface area contributed by atoms with Crippen molar-refractivity contribution in [3.8, 4) is 0 Å². The standard InChI is InChI=1S/C5H11N2.H2O/c1-7-4-2-6-3-5-7;/h6H,1-5H2;1H2. The molecule has 3 nitrogen and oxygen atoms in total. The van der Waals surface area contributed by atoms with Gasteiger partial charge in [0.15, 0.2) is 0 Å². The summed E-state index contributed by atoms with van der Waals surface area (Å²) in [6, 6.07) is 0. The molecule has 0 unspecified atom stereocenters. The van der Waals surface area contributed by atoms with Gasteiger partial charge in [0.25, 0.3) is 0 Å². The van der Waals surface area contributed by atoms with Crippen LogP contribution in [0.1, 0.15) is 0 Å². The van der Waals surface area contributed by atoms with Gasteiger partial charge in [-0.15, -0.1) is 0 Å². The van der Waals surface area contributed by atoms with E-state index in [4.69, 9.17) is 0 Å². The predicted molar refractivity (Wildman–Crippen MR) is 33.4 cm³/mol. The lowest BCUT2D eigenvalue weighted by molar-refractivity contribution is 0.320. The molecule has 3 N–H and O–H groups in total. The monoisotopic (exact) mass is 117 g/mol. The van der Waals surface area contributed by atoms with E-state index in [0.29, 0.717) is 0 Å². The molecule has 1 rings (SSSR count). The lowest BCUT2D eigenvalue weighted by Crippen LogP contribution is -2.39. The summed E-state index contributed by atoms with van der Waals surface area (Å²) in [6.07, 6.45) is 0. The van der Waals surface area contributed by atoms with Crippen LogP contribution in [0.4, 0.5) is 0 Å². The quantitative estimate of drug-likeness (QED) is 0.436. The summed E-state index contributed by atoms with van der Waals surface area (Å²) in [5.41, 5.74) is 0. The van der Waals surface area contributed by atoms with Crippen LogP contribution >= 0.6 is 0 Å². The highest BCUT2D eigenvalue weighted by molar-refractivity contribution is 4.64. The first-order chi connectivity index (χ1) is 3.39. The minimum Gasteiger partial charge on any atom is -0.412 e. The third-order valence-electron chi connectivity index (χ3n) is 1.21. The van der Waals surface area contributed by atoms with Gasteiger partial charge < -0.3 is 10.8 Å². The molecule has 0 spiro atoms. The Labute approximate surface area is 50.0 Å². The molecule has 0 aromatic heterocycles. The van der Waals surface area contributed by atoms with E-state index in [-0.39, 0.29) is 5.48 Å². The van der Waals surface area contributed by atoms with E-state index in [9.17, 15) is 0 Å². The number of nitrogens with one attached hydrogen (secondary N) is 1. The van der Waals surface area contributed by atoms with E-state index in [1.807, 2.05) is 0 Å². The summed E-state index contributed by atoms with van der Waals surface area (Å²) in [6.45, 7) is 4.40. The Balaban J connectivity index is 0.000000490. The number of hydrogen-bond donors (Lipinski definition) is 1. The van der Waals surface area contributed by atoms with E-state index < -0.39 is 0 Å². The van der Waals surface area contributed by atoms with Gasteiger partial charge in [-0.05, 0) is 0 Å². The topological polar surface area (TPSA) is 46.8 Å². The first-order valence-electron chi connectivity index (χ1n) is 2.66. The minimum absolute atomic E-state index is 0. The number of nitrogens with zero attached hydrogens (tertiary/aromatic N) is 1. The van der Waals surface area contributed by atoms with Gasteiger partial charge in [-0.2, -0.15) is 0 Å².